The number of para-hydroxylation sites is 2. The number of amides is 1. The third-order valence-corrected chi connectivity index (χ3v) is 5.85. The average molecular weight is 440 g/mol. The van der Waals surface area contributed by atoms with Crippen molar-refractivity contribution in [2.75, 3.05) is 44.2 Å². The Bertz CT molecular complexity index is 1140. The number of carbonyl (C=O) groups is 1. The van der Waals surface area contributed by atoms with Crippen LogP contribution in [-0.2, 0) is 11.3 Å². The first kappa shape index (κ1) is 21.3. The molecule has 162 valence electrons. The number of aryl methyl sites for hydroxylation is 1. The maximum absolute atomic E-state index is 12.5. The molecule has 3 aromatic rings. The van der Waals surface area contributed by atoms with E-state index in [1.165, 1.54) is 4.57 Å². The number of hydrogen-bond acceptors (Lipinski definition) is 5. The summed E-state index contributed by atoms with van der Waals surface area (Å²) in [5.41, 5.74) is 2.69. The van der Waals surface area contributed by atoms with E-state index in [0.29, 0.717) is 23.3 Å². The molecule has 8 heteroatoms. The SMILES string of the molecule is Cc1nc2ccccc2n(CC(=O)NCCN2CCN(c3cccc(Cl)c3)CC2)c1=O. The van der Waals surface area contributed by atoms with Crippen molar-refractivity contribution in [1.29, 1.82) is 0 Å². The molecule has 1 amide bonds. The second-order valence-corrected chi connectivity index (χ2v) is 8.17. The Balaban J connectivity index is 1.28. The molecule has 1 aromatic heterocycles. The Morgan fingerprint density at radius 1 is 1.10 bits per heavy atom. The van der Waals surface area contributed by atoms with Crippen molar-refractivity contribution in [2.45, 2.75) is 13.5 Å². The fourth-order valence-electron chi connectivity index (χ4n) is 3.93. The fraction of sp³-hybridized carbons (Fsp3) is 0.348. The van der Waals surface area contributed by atoms with Gasteiger partial charge in [-0.3, -0.25) is 19.1 Å². The summed E-state index contributed by atoms with van der Waals surface area (Å²) in [6.45, 7) is 6.69. The van der Waals surface area contributed by atoms with E-state index < -0.39 is 0 Å². The Morgan fingerprint density at radius 3 is 2.65 bits per heavy atom. The summed E-state index contributed by atoms with van der Waals surface area (Å²) in [5, 5.41) is 3.70. The number of piperazine rings is 1. The predicted molar refractivity (Wildman–Crippen MR) is 124 cm³/mol. The molecule has 2 heterocycles. The highest BCUT2D eigenvalue weighted by Gasteiger charge is 2.17. The number of hydrogen-bond donors (Lipinski definition) is 1. The van der Waals surface area contributed by atoms with Gasteiger partial charge < -0.3 is 10.2 Å². The van der Waals surface area contributed by atoms with Crippen molar-refractivity contribution >= 4 is 34.2 Å². The molecule has 0 bridgehead atoms. The lowest BCUT2D eigenvalue weighted by Crippen LogP contribution is -2.48. The van der Waals surface area contributed by atoms with Gasteiger partial charge in [-0.2, -0.15) is 0 Å². The monoisotopic (exact) mass is 439 g/mol. The van der Waals surface area contributed by atoms with Crippen molar-refractivity contribution in [3.63, 3.8) is 0 Å². The Kier molecular flexibility index (Phi) is 6.53. The van der Waals surface area contributed by atoms with Gasteiger partial charge in [-0.1, -0.05) is 29.8 Å². The first-order chi connectivity index (χ1) is 15.0. The summed E-state index contributed by atoms with van der Waals surface area (Å²) >= 11 is 6.10. The molecular formula is C23H26ClN5O2. The van der Waals surface area contributed by atoms with Gasteiger partial charge in [-0.25, -0.2) is 4.98 Å². The summed E-state index contributed by atoms with van der Waals surface area (Å²) in [6, 6.07) is 15.3. The van der Waals surface area contributed by atoms with Crippen molar-refractivity contribution < 1.29 is 4.79 Å². The van der Waals surface area contributed by atoms with Gasteiger partial charge in [0.15, 0.2) is 0 Å². The summed E-state index contributed by atoms with van der Waals surface area (Å²) in [7, 11) is 0. The molecule has 0 spiro atoms. The van der Waals surface area contributed by atoms with E-state index in [4.69, 9.17) is 11.6 Å². The maximum atomic E-state index is 12.5. The van der Waals surface area contributed by atoms with Gasteiger partial charge in [-0.05, 0) is 37.3 Å². The van der Waals surface area contributed by atoms with Crippen LogP contribution in [0.2, 0.25) is 5.02 Å². The Hall–Kier alpha value is -2.90. The third-order valence-electron chi connectivity index (χ3n) is 5.61. The molecule has 1 saturated heterocycles. The van der Waals surface area contributed by atoms with E-state index in [-0.39, 0.29) is 18.0 Å². The number of anilines is 1. The standard InChI is InChI=1S/C23H26ClN5O2/c1-17-23(31)29(21-8-3-2-7-20(21)26-17)16-22(30)25-9-10-27-11-13-28(14-12-27)19-6-4-5-18(24)15-19/h2-8,15H,9-14,16H2,1H3,(H,25,30). The minimum Gasteiger partial charge on any atom is -0.369 e. The van der Waals surface area contributed by atoms with Crippen LogP contribution < -0.4 is 15.8 Å². The second-order valence-electron chi connectivity index (χ2n) is 7.74. The molecule has 0 atom stereocenters. The number of fused-ring (bicyclic) bond motifs is 1. The Labute approximate surface area is 186 Å². The minimum atomic E-state index is -0.231. The lowest BCUT2D eigenvalue weighted by Gasteiger charge is -2.36. The first-order valence-corrected chi connectivity index (χ1v) is 10.8. The van der Waals surface area contributed by atoms with Gasteiger partial charge in [0.1, 0.15) is 12.2 Å². The van der Waals surface area contributed by atoms with E-state index in [9.17, 15) is 9.59 Å². The number of benzene rings is 2. The van der Waals surface area contributed by atoms with Crippen molar-refractivity contribution in [1.82, 2.24) is 19.8 Å². The molecule has 31 heavy (non-hydrogen) atoms. The molecule has 1 aliphatic rings. The van der Waals surface area contributed by atoms with Gasteiger partial charge in [0.05, 0.1) is 11.0 Å². The number of aromatic nitrogens is 2. The minimum absolute atomic E-state index is 0.00868. The zero-order chi connectivity index (χ0) is 21.8. The highest BCUT2D eigenvalue weighted by molar-refractivity contribution is 6.30. The summed E-state index contributed by atoms with van der Waals surface area (Å²) in [5.74, 6) is -0.171. The maximum Gasteiger partial charge on any atom is 0.272 e. The van der Waals surface area contributed by atoms with Gasteiger partial charge in [0, 0.05) is 50.0 Å². The summed E-state index contributed by atoms with van der Waals surface area (Å²) in [6.07, 6.45) is 0. The van der Waals surface area contributed by atoms with Crippen molar-refractivity contribution in [3.05, 3.63) is 69.6 Å². The van der Waals surface area contributed by atoms with Crippen LogP contribution >= 0.6 is 11.6 Å². The number of halogens is 1. The van der Waals surface area contributed by atoms with Crippen LogP contribution in [0.3, 0.4) is 0 Å². The first-order valence-electron chi connectivity index (χ1n) is 10.5. The number of rotatable bonds is 6. The van der Waals surface area contributed by atoms with Crippen LogP contribution in [0.1, 0.15) is 5.69 Å². The van der Waals surface area contributed by atoms with Crippen LogP contribution in [0.4, 0.5) is 5.69 Å². The molecule has 1 aliphatic heterocycles. The van der Waals surface area contributed by atoms with Crippen LogP contribution in [-0.4, -0.2) is 59.6 Å². The lowest BCUT2D eigenvalue weighted by atomic mass is 10.2. The summed E-state index contributed by atoms with van der Waals surface area (Å²) < 4.78 is 1.50. The van der Waals surface area contributed by atoms with Gasteiger partial charge in [0.25, 0.3) is 5.56 Å². The molecule has 1 N–H and O–H groups in total. The van der Waals surface area contributed by atoms with Crippen LogP contribution in [0.25, 0.3) is 11.0 Å². The lowest BCUT2D eigenvalue weighted by molar-refractivity contribution is -0.121. The molecule has 4 rings (SSSR count). The van der Waals surface area contributed by atoms with E-state index in [0.717, 1.165) is 43.4 Å². The van der Waals surface area contributed by atoms with E-state index >= 15 is 0 Å². The van der Waals surface area contributed by atoms with E-state index in [1.807, 2.05) is 42.5 Å². The topological polar surface area (TPSA) is 70.5 Å². The van der Waals surface area contributed by atoms with Crippen molar-refractivity contribution in [3.8, 4) is 0 Å². The molecule has 0 aliphatic carbocycles. The van der Waals surface area contributed by atoms with Crippen LogP contribution in [0.5, 0.6) is 0 Å². The fourth-order valence-corrected chi connectivity index (χ4v) is 4.12. The van der Waals surface area contributed by atoms with E-state index in [2.05, 4.69) is 26.2 Å². The normalized spacial score (nSPS) is 14.7. The quantitative estimate of drug-likeness (QED) is 0.638. The number of nitrogens with one attached hydrogen (secondary N) is 1. The van der Waals surface area contributed by atoms with Gasteiger partial charge in [-0.15, -0.1) is 0 Å². The van der Waals surface area contributed by atoms with Crippen molar-refractivity contribution in [2.24, 2.45) is 0 Å². The highest BCUT2D eigenvalue weighted by atomic mass is 35.5. The number of carbonyl (C=O) groups excluding carboxylic acids is 1. The van der Waals surface area contributed by atoms with Crippen LogP contribution in [0.15, 0.2) is 53.3 Å². The molecule has 2 aromatic carbocycles. The Morgan fingerprint density at radius 2 is 1.87 bits per heavy atom. The van der Waals surface area contributed by atoms with Gasteiger partial charge >= 0.3 is 0 Å². The predicted octanol–water partition coefficient (Wildman–Crippen LogP) is 2.30. The smallest absolute Gasteiger partial charge is 0.272 e. The van der Waals surface area contributed by atoms with E-state index in [1.54, 1.807) is 6.92 Å². The van der Waals surface area contributed by atoms with Gasteiger partial charge in [0.2, 0.25) is 5.91 Å². The molecule has 1 fully saturated rings. The molecular weight excluding hydrogens is 414 g/mol. The zero-order valence-corrected chi connectivity index (χ0v) is 18.3. The highest BCUT2D eigenvalue weighted by Crippen LogP contribution is 2.20. The molecule has 0 unspecified atom stereocenters. The number of nitrogens with zero attached hydrogens (tertiary/aromatic N) is 4. The second kappa shape index (κ2) is 9.49. The van der Waals surface area contributed by atoms with Crippen LogP contribution in [0, 0.1) is 6.92 Å². The summed E-state index contributed by atoms with van der Waals surface area (Å²) in [4.78, 5) is 34.0. The molecule has 0 saturated carbocycles. The largest absolute Gasteiger partial charge is 0.369 e. The molecule has 0 radical (unpaired) electrons. The zero-order valence-electron chi connectivity index (χ0n) is 17.6. The molecule has 7 nitrogen and oxygen atoms in total. The average Bonchev–Trinajstić information content (AvgIpc) is 2.77. The third kappa shape index (κ3) is 5.06.